The Morgan fingerprint density at radius 1 is 0.871 bits per heavy atom. The molecule has 0 aliphatic rings. The predicted octanol–water partition coefficient (Wildman–Crippen LogP) is 9.46. The molecule has 0 amide bonds. The first kappa shape index (κ1) is 29.2. The Morgan fingerprint density at radius 2 is 1.42 bits per heavy atom. The molecule has 0 saturated carbocycles. The lowest BCUT2D eigenvalue weighted by Gasteiger charge is -2.29. The molecule has 0 aliphatic heterocycles. The molecular weight excluding hydrogens is 374 g/mol. The van der Waals surface area contributed by atoms with Crippen LogP contribution in [0.1, 0.15) is 100 Å². The maximum atomic E-state index is 6.29. The number of hydrogen-bond donors (Lipinski definition) is 1. The zero-order chi connectivity index (χ0) is 24.1. The Labute approximate surface area is 195 Å². The normalized spacial score (nSPS) is 14.6. The van der Waals surface area contributed by atoms with E-state index in [2.05, 4.69) is 67.4 Å². The van der Waals surface area contributed by atoms with E-state index in [1.807, 2.05) is 19.9 Å². The first-order valence-electron chi connectivity index (χ1n) is 12.4. The standard InChI is InChI=1S/C30H51N/c1-12-15-27(16-13-2)23(8)20-28(17-14-3)24(9)30(22(6)7)25(10)29(26(11)31)19-18-21(4)5/h18-19,22,27,30H,4,8,10,12-17,20,31H2,1-3,5-7,9,11H3/b19-18-,28-24+,29-26-. The van der Waals surface area contributed by atoms with Crippen molar-refractivity contribution >= 4 is 0 Å². The molecule has 0 bridgehead atoms. The summed E-state index contributed by atoms with van der Waals surface area (Å²) in [6.45, 7) is 30.8. The summed E-state index contributed by atoms with van der Waals surface area (Å²) in [5, 5.41) is 0. The Bertz CT molecular complexity index is 686. The molecule has 0 spiro atoms. The van der Waals surface area contributed by atoms with Crippen molar-refractivity contribution in [2.75, 3.05) is 0 Å². The molecule has 0 aromatic heterocycles. The Morgan fingerprint density at radius 3 is 1.81 bits per heavy atom. The van der Waals surface area contributed by atoms with Gasteiger partial charge in [0.05, 0.1) is 0 Å². The van der Waals surface area contributed by atoms with Gasteiger partial charge in [0.2, 0.25) is 0 Å². The van der Waals surface area contributed by atoms with Gasteiger partial charge in [-0.3, -0.25) is 0 Å². The van der Waals surface area contributed by atoms with Gasteiger partial charge in [-0.05, 0) is 69.4 Å². The summed E-state index contributed by atoms with van der Waals surface area (Å²) in [6.07, 6.45) is 12.3. The average Bonchev–Trinajstić information content (AvgIpc) is 2.66. The number of nitrogens with two attached hydrogens (primary N) is 1. The van der Waals surface area contributed by atoms with Gasteiger partial charge in [0.25, 0.3) is 0 Å². The van der Waals surface area contributed by atoms with E-state index in [-0.39, 0.29) is 5.92 Å². The quantitative estimate of drug-likeness (QED) is 0.205. The first-order valence-corrected chi connectivity index (χ1v) is 12.4. The molecule has 0 saturated heterocycles. The van der Waals surface area contributed by atoms with E-state index in [4.69, 9.17) is 5.73 Å². The number of rotatable bonds is 15. The number of hydrogen-bond acceptors (Lipinski definition) is 1. The minimum Gasteiger partial charge on any atom is -0.402 e. The Kier molecular flexibility index (Phi) is 14.3. The van der Waals surface area contributed by atoms with Gasteiger partial charge in [-0.25, -0.2) is 0 Å². The third-order valence-corrected chi connectivity index (χ3v) is 6.22. The molecule has 0 heterocycles. The fourth-order valence-corrected chi connectivity index (χ4v) is 4.66. The molecule has 1 nitrogen and oxygen atoms in total. The lowest BCUT2D eigenvalue weighted by Crippen LogP contribution is -2.18. The van der Waals surface area contributed by atoms with Crippen LogP contribution in [-0.2, 0) is 0 Å². The second kappa shape index (κ2) is 15.1. The van der Waals surface area contributed by atoms with Crippen molar-refractivity contribution in [3.05, 3.63) is 71.0 Å². The van der Waals surface area contributed by atoms with Crippen LogP contribution in [0, 0.1) is 17.8 Å². The Hall–Kier alpha value is -1.76. The van der Waals surface area contributed by atoms with E-state index < -0.39 is 0 Å². The van der Waals surface area contributed by atoms with E-state index in [0.29, 0.717) is 11.8 Å². The second-order valence-corrected chi connectivity index (χ2v) is 9.67. The third kappa shape index (κ3) is 9.93. The molecule has 0 aromatic carbocycles. The van der Waals surface area contributed by atoms with Crippen molar-refractivity contribution in [2.24, 2.45) is 23.5 Å². The molecule has 1 unspecified atom stereocenters. The summed E-state index contributed by atoms with van der Waals surface area (Å²) in [4.78, 5) is 0. The van der Waals surface area contributed by atoms with Crippen molar-refractivity contribution in [1.29, 1.82) is 0 Å². The minimum absolute atomic E-state index is 0.272. The molecular formula is C30H51N. The van der Waals surface area contributed by atoms with Crippen molar-refractivity contribution in [1.82, 2.24) is 0 Å². The summed E-state index contributed by atoms with van der Waals surface area (Å²) < 4.78 is 0. The van der Waals surface area contributed by atoms with Crippen LogP contribution < -0.4 is 5.73 Å². The van der Waals surface area contributed by atoms with Crippen molar-refractivity contribution in [3.63, 3.8) is 0 Å². The highest BCUT2D eigenvalue weighted by atomic mass is 14.6. The SMILES string of the molecule is C=C(C)/C=C\C(C(=C)C(/C(C)=C(\CCC)CC(=C)C(CCC)CCC)C(C)C)=C(/C)N. The molecule has 0 aliphatic carbocycles. The minimum atomic E-state index is 0.272. The molecule has 1 atom stereocenters. The van der Waals surface area contributed by atoms with E-state index in [0.717, 1.165) is 41.7 Å². The fraction of sp³-hybridized carbons (Fsp3) is 0.600. The van der Waals surface area contributed by atoms with Crippen LogP contribution in [-0.4, -0.2) is 0 Å². The summed E-state index contributed by atoms with van der Waals surface area (Å²) in [6, 6.07) is 0. The summed E-state index contributed by atoms with van der Waals surface area (Å²) >= 11 is 0. The first-order chi connectivity index (χ1) is 14.5. The van der Waals surface area contributed by atoms with Gasteiger partial charge in [-0.2, -0.15) is 0 Å². The van der Waals surface area contributed by atoms with Gasteiger partial charge in [-0.15, -0.1) is 0 Å². The Balaban J connectivity index is 6.18. The van der Waals surface area contributed by atoms with Crippen LogP contribution in [0.5, 0.6) is 0 Å². The van der Waals surface area contributed by atoms with Crippen LogP contribution in [0.3, 0.4) is 0 Å². The topological polar surface area (TPSA) is 26.0 Å². The maximum Gasteiger partial charge on any atom is 0.0125 e. The zero-order valence-corrected chi connectivity index (χ0v) is 22.0. The van der Waals surface area contributed by atoms with E-state index in [9.17, 15) is 0 Å². The van der Waals surface area contributed by atoms with Gasteiger partial charge in [0.1, 0.15) is 0 Å². The van der Waals surface area contributed by atoms with Gasteiger partial charge in [-0.1, -0.05) is 108 Å². The van der Waals surface area contributed by atoms with Gasteiger partial charge in [0, 0.05) is 11.6 Å². The van der Waals surface area contributed by atoms with E-state index in [1.54, 1.807) is 5.57 Å². The molecule has 0 rings (SSSR count). The van der Waals surface area contributed by atoms with Crippen LogP contribution in [0.25, 0.3) is 0 Å². The molecule has 0 aromatic rings. The van der Waals surface area contributed by atoms with Crippen LogP contribution in [0.4, 0.5) is 0 Å². The molecule has 176 valence electrons. The zero-order valence-electron chi connectivity index (χ0n) is 22.0. The summed E-state index contributed by atoms with van der Waals surface area (Å²) in [5.41, 5.74) is 14.7. The van der Waals surface area contributed by atoms with E-state index in [1.165, 1.54) is 36.8 Å². The molecule has 0 fully saturated rings. The predicted molar refractivity (Wildman–Crippen MR) is 143 cm³/mol. The van der Waals surface area contributed by atoms with Crippen LogP contribution >= 0.6 is 0 Å². The molecule has 31 heavy (non-hydrogen) atoms. The monoisotopic (exact) mass is 425 g/mol. The van der Waals surface area contributed by atoms with Crippen molar-refractivity contribution in [2.45, 2.75) is 100 Å². The average molecular weight is 426 g/mol. The molecule has 0 radical (unpaired) electrons. The lowest BCUT2D eigenvalue weighted by molar-refractivity contribution is 0.485. The maximum absolute atomic E-state index is 6.29. The highest BCUT2D eigenvalue weighted by molar-refractivity contribution is 5.47. The highest BCUT2D eigenvalue weighted by Crippen LogP contribution is 2.38. The van der Waals surface area contributed by atoms with Crippen LogP contribution in [0.15, 0.2) is 71.0 Å². The largest absolute Gasteiger partial charge is 0.402 e. The lowest BCUT2D eigenvalue weighted by atomic mass is 9.75. The van der Waals surface area contributed by atoms with E-state index >= 15 is 0 Å². The third-order valence-electron chi connectivity index (χ3n) is 6.22. The summed E-state index contributed by atoms with van der Waals surface area (Å²) in [7, 11) is 0. The fourth-order valence-electron chi connectivity index (χ4n) is 4.66. The van der Waals surface area contributed by atoms with Gasteiger partial charge < -0.3 is 5.73 Å². The highest BCUT2D eigenvalue weighted by Gasteiger charge is 2.24. The van der Waals surface area contributed by atoms with Crippen molar-refractivity contribution < 1.29 is 0 Å². The van der Waals surface area contributed by atoms with Gasteiger partial charge in [0.15, 0.2) is 0 Å². The molecule has 1 heteroatoms. The van der Waals surface area contributed by atoms with Crippen molar-refractivity contribution in [3.8, 4) is 0 Å². The van der Waals surface area contributed by atoms with Gasteiger partial charge >= 0.3 is 0 Å². The smallest absolute Gasteiger partial charge is 0.0125 e. The summed E-state index contributed by atoms with van der Waals surface area (Å²) in [5.74, 6) is 1.35. The molecule has 2 N–H and O–H groups in total. The van der Waals surface area contributed by atoms with Crippen LogP contribution in [0.2, 0.25) is 0 Å². The number of allylic oxidation sites excluding steroid dienone is 9. The second-order valence-electron chi connectivity index (χ2n) is 9.67.